The summed E-state index contributed by atoms with van der Waals surface area (Å²) < 4.78 is 0. The van der Waals surface area contributed by atoms with Crippen molar-refractivity contribution in [2.45, 2.75) is 26.7 Å². The van der Waals surface area contributed by atoms with Crippen LogP contribution in [-0.2, 0) is 12.8 Å². The first-order valence-corrected chi connectivity index (χ1v) is 5.95. The minimum absolute atomic E-state index is 0.0637. The van der Waals surface area contributed by atoms with Gasteiger partial charge in [-0.15, -0.1) is 11.7 Å². The molecule has 0 aromatic carbocycles. The lowest BCUT2D eigenvalue weighted by molar-refractivity contribution is 0.302. The van der Waals surface area contributed by atoms with Crippen LogP contribution in [0.15, 0.2) is 12.7 Å². The largest absolute Gasteiger partial charge is 0.395 e. The van der Waals surface area contributed by atoms with Crippen molar-refractivity contribution in [2.24, 2.45) is 0 Å². The maximum absolute atomic E-state index is 9.00. The van der Waals surface area contributed by atoms with Crippen LogP contribution < -0.4 is 4.90 Å². The van der Waals surface area contributed by atoms with Gasteiger partial charge in [-0.2, -0.15) is 5.10 Å². The Labute approximate surface area is 102 Å². The molecule has 0 unspecified atom stereocenters. The number of aryl methyl sites for hydroxylation is 2. The van der Waals surface area contributed by atoms with Gasteiger partial charge in [0.05, 0.1) is 18.0 Å². The number of hydrogen-bond donors (Lipinski definition) is 1. The average molecular weight is 236 g/mol. The van der Waals surface area contributed by atoms with E-state index in [4.69, 9.17) is 5.11 Å². The molecule has 0 saturated heterocycles. The highest BCUT2D eigenvalue weighted by Gasteiger charge is 2.11. The molecule has 1 rings (SSSR count). The van der Waals surface area contributed by atoms with Crippen LogP contribution in [0.4, 0.5) is 5.95 Å². The van der Waals surface area contributed by atoms with E-state index in [2.05, 4.69) is 28.7 Å². The summed E-state index contributed by atoms with van der Waals surface area (Å²) in [4.78, 5) is 6.35. The third kappa shape index (κ3) is 3.49. The van der Waals surface area contributed by atoms with Crippen LogP contribution in [0.5, 0.6) is 0 Å². The van der Waals surface area contributed by atoms with E-state index < -0.39 is 0 Å². The van der Waals surface area contributed by atoms with Crippen LogP contribution in [-0.4, -0.2) is 40.0 Å². The van der Waals surface area contributed by atoms with Crippen LogP contribution in [0.25, 0.3) is 0 Å². The third-order valence-electron chi connectivity index (χ3n) is 2.50. The maximum atomic E-state index is 9.00. The standard InChI is InChI=1S/C12H20N4O/c1-4-7-16(8-9-17)12-13-10(5-2)11(6-3)14-15-12/h4,17H,1,5-9H2,2-3H3. The summed E-state index contributed by atoms with van der Waals surface area (Å²) in [6, 6.07) is 0. The Hall–Kier alpha value is -1.49. The van der Waals surface area contributed by atoms with Crippen LogP contribution in [0.2, 0.25) is 0 Å². The fraction of sp³-hybridized carbons (Fsp3) is 0.583. The Kier molecular flexibility index (Phi) is 5.56. The molecule has 1 N–H and O–H groups in total. The highest BCUT2D eigenvalue weighted by atomic mass is 16.3. The van der Waals surface area contributed by atoms with Crippen LogP contribution in [0, 0.1) is 0 Å². The summed E-state index contributed by atoms with van der Waals surface area (Å²) in [7, 11) is 0. The van der Waals surface area contributed by atoms with E-state index in [9.17, 15) is 0 Å². The molecule has 0 amide bonds. The molecular weight excluding hydrogens is 216 g/mol. The van der Waals surface area contributed by atoms with Gasteiger partial charge < -0.3 is 10.0 Å². The molecule has 0 atom stereocenters. The first-order valence-electron chi connectivity index (χ1n) is 5.95. The quantitative estimate of drug-likeness (QED) is 0.715. The Morgan fingerprint density at radius 2 is 1.94 bits per heavy atom. The van der Waals surface area contributed by atoms with E-state index in [0.717, 1.165) is 24.2 Å². The van der Waals surface area contributed by atoms with Crippen LogP contribution in [0.1, 0.15) is 25.2 Å². The van der Waals surface area contributed by atoms with E-state index in [1.165, 1.54) is 0 Å². The SMILES string of the molecule is C=CCN(CCO)c1nnc(CC)c(CC)n1. The number of hydrogen-bond acceptors (Lipinski definition) is 5. The Balaban J connectivity index is 2.98. The second-order valence-corrected chi connectivity index (χ2v) is 3.67. The third-order valence-corrected chi connectivity index (χ3v) is 2.50. The number of aliphatic hydroxyl groups is 1. The molecule has 0 fully saturated rings. The van der Waals surface area contributed by atoms with Gasteiger partial charge >= 0.3 is 0 Å². The normalized spacial score (nSPS) is 10.3. The second-order valence-electron chi connectivity index (χ2n) is 3.67. The van der Waals surface area contributed by atoms with Crippen molar-refractivity contribution in [2.75, 3.05) is 24.6 Å². The van der Waals surface area contributed by atoms with Gasteiger partial charge in [-0.05, 0) is 12.8 Å². The van der Waals surface area contributed by atoms with E-state index in [1.54, 1.807) is 6.08 Å². The lowest BCUT2D eigenvalue weighted by Crippen LogP contribution is -2.29. The van der Waals surface area contributed by atoms with Gasteiger partial charge in [0.15, 0.2) is 0 Å². The predicted octanol–water partition coefficient (Wildman–Crippen LogP) is 0.981. The maximum Gasteiger partial charge on any atom is 0.245 e. The van der Waals surface area contributed by atoms with Crippen molar-refractivity contribution < 1.29 is 5.11 Å². The van der Waals surface area contributed by atoms with Gasteiger partial charge in [0.1, 0.15) is 0 Å². The average Bonchev–Trinajstić information content (AvgIpc) is 2.37. The van der Waals surface area contributed by atoms with Crippen molar-refractivity contribution >= 4 is 5.95 Å². The molecule has 94 valence electrons. The summed E-state index contributed by atoms with van der Waals surface area (Å²) in [5.41, 5.74) is 1.92. The topological polar surface area (TPSA) is 62.1 Å². The molecule has 1 heterocycles. The molecule has 0 aliphatic heterocycles. The van der Waals surface area contributed by atoms with Crippen molar-refractivity contribution in [3.8, 4) is 0 Å². The molecule has 0 aliphatic rings. The van der Waals surface area contributed by atoms with E-state index in [0.29, 0.717) is 19.0 Å². The molecule has 0 radical (unpaired) electrons. The molecule has 1 aromatic rings. The van der Waals surface area contributed by atoms with Crippen molar-refractivity contribution in [3.05, 3.63) is 24.0 Å². The zero-order valence-electron chi connectivity index (χ0n) is 10.6. The highest BCUT2D eigenvalue weighted by molar-refractivity contribution is 5.31. The number of aliphatic hydroxyl groups excluding tert-OH is 1. The molecule has 5 nitrogen and oxygen atoms in total. The summed E-state index contributed by atoms with van der Waals surface area (Å²) >= 11 is 0. The monoisotopic (exact) mass is 236 g/mol. The fourth-order valence-corrected chi connectivity index (χ4v) is 1.61. The van der Waals surface area contributed by atoms with Crippen molar-refractivity contribution in [1.82, 2.24) is 15.2 Å². The molecule has 0 bridgehead atoms. The summed E-state index contributed by atoms with van der Waals surface area (Å²) in [5, 5.41) is 17.3. The number of rotatable bonds is 7. The number of anilines is 1. The first-order chi connectivity index (χ1) is 8.26. The van der Waals surface area contributed by atoms with Gasteiger partial charge in [-0.1, -0.05) is 19.9 Å². The predicted molar refractivity (Wildman–Crippen MR) is 68.1 cm³/mol. The number of aromatic nitrogens is 3. The summed E-state index contributed by atoms with van der Waals surface area (Å²) in [5.74, 6) is 0.563. The van der Waals surface area contributed by atoms with Gasteiger partial charge in [-0.25, -0.2) is 4.98 Å². The van der Waals surface area contributed by atoms with Crippen molar-refractivity contribution in [3.63, 3.8) is 0 Å². The van der Waals surface area contributed by atoms with E-state index in [-0.39, 0.29) is 6.61 Å². The highest BCUT2D eigenvalue weighted by Crippen LogP contribution is 2.10. The lowest BCUT2D eigenvalue weighted by Gasteiger charge is -2.20. The molecule has 0 spiro atoms. The second kappa shape index (κ2) is 6.96. The van der Waals surface area contributed by atoms with E-state index >= 15 is 0 Å². The lowest BCUT2D eigenvalue weighted by atomic mass is 10.2. The van der Waals surface area contributed by atoms with Gasteiger partial charge in [0, 0.05) is 13.1 Å². The zero-order chi connectivity index (χ0) is 12.7. The first kappa shape index (κ1) is 13.6. The molecule has 1 aromatic heterocycles. The Morgan fingerprint density at radius 3 is 2.47 bits per heavy atom. The minimum atomic E-state index is 0.0637. The van der Waals surface area contributed by atoms with E-state index in [1.807, 2.05) is 11.8 Å². The van der Waals surface area contributed by atoms with Crippen molar-refractivity contribution in [1.29, 1.82) is 0 Å². The summed E-state index contributed by atoms with van der Waals surface area (Å²) in [6.07, 6.45) is 3.44. The molecule has 0 aliphatic carbocycles. The van der Waals surface area contributed by atoms with Gasteiger partial charge in [0.25, 0.3) is 0 Å². The Morgan fingerprint density at radius 1 is 1.24 bits per heavy atom. The molecule has 17 heavy (non-hydrogen) atoms. The summed E-state index contributed by atoms with van der Waals surface area (Å²) in [6.45, 7) is 8.94. The fourth-order valence-electron chi connectivity index (χ4n) is 1.61. The zero-order valence-corrected chi connectivity index (χ0v) is 10.6. The van der Waals surface area contributed by atoms with Gasteiger partial charge in [-0.3, -0.25) is 0 Å². The van der Waals surface area contributed by atoms with Crippen LogP contribution >= 0.6 is 0 Å². The number of nitrogens with zero attached hydrogens (tertiary/aromatic N) is 4. The van der Waals surface area contributed by atoms with Crippen LogP contribution in [0.3, 0.4) is 0 Å². The molecular formula is C12H20N4O. The molecule has 5 heteroatoms. The molecule has 0 saturated carbocycles. The Bertz CT molecular complexity index is 368. The minimum Gasteiger partial charge on any atom is -0.395 e. The van der Waals surface area contributed by atoms with Gasteiger partial charge in [0.2, 0.25) is 5.95 Å². The smallest absolute Gasteiger partial charge is 0.245 e.